The number of hydrazine groups is 1. The van der Waals surface area contributed by atoms with Crippen LogP contribution in [0.4, 0.5) is 0 Å². The van der Waals surface area contributed by atoms with Crippen LogP contribution >= 0.6 is 0 Å². The minimum Gasteiger partial charge on any atom is -0.287 e. The van der Waals surface area contributed by atoms with Gasteiger partial charge in [-0.3, -0.25) is 10.2 Å². The van der Waals surface area contributed by atoms with E-state index in [1.54, 1.807) is 0 Å². The Balaban J connectivity index is 2.28. The smallest absolute Gasteiger partial charge is 0.262 e. The molecule has 0 atom stereocenters. The molecule has 1 aliphatic rings. The first-order chi connectivity index (χ1) is 6.75. The van der Waals surface area contributed by atoms with Crippen LogP contribution in [0.1, 0.15) is 11.1 Å². The van der Waals surface area contributed by atoms with Crippen molar-refractivity contribution in [3.8, 4) is 0 Å². The van der Waals surface area contributed by atoms with E-state index in [9.17, 15) is 4.79 Å². The summed E-state index contributed by atoms with van der Waals surface area (Å²) in [7, 11) is 0. The van der Waals surface area contributed by atoms with Gasteiger partial charge >= 0.3 is 0 Å². The van der Waals surface area contributed by atoms with Crippen molar-refractivity contribution in [1.82, 2.24) is 10.9 Å². The van der Waals surface area contributed by atoms with Crippen molar-refractivity contribution in [3.05, 3.63) is 41.0 Å². The molecular formula is C11H12N2O. The highest BCUT2D eigenvalue weighted by molar-refractivity contribution is 5.99. The van der Waals surface area contributed by atoms with Gasteiger partial charge in [0.25, 0.3) is 5.91 Å². The second-order valence-electron chi connectivity index (χ2n) is 3.39. The molecule has 0 spiro atoms. The van der Waals surface area contributed by atoms with Crippen LogP contribution in [0.2, 0.25) is 0 Å². The molecule has 1 aromatic rings. The van der Waals surface area contributed by atoms with E-state index in [2.05, 4.69) is 16.9 Å². The van der Waals surface area contributed by atoms with E-state index in [-0.39, 0.29) is 5.91 Å². The molecule has 1 aliphatic heterocycles. The van der Waals surface area contributed by atoms with Gasteiger partial charge in [-0.1, -0.05) is 29.8 Å². The van der Waals surface area contributed by atoms with Crippen LogP contribution in [0.25, 0.3) is 6.08 Å². The highest BCUT2D eigenvalue weighted by atomic mass is 16.2. The summed E-state index contributed by atoms with van der Waals surface area (Å²) in [4.78, 5) is 11.2. The molecule has 0 aliphatic carbocycles. The highest BCUT2D eigenvalue weighted by Gasteiger charge is 2.14. The van der Waals surface area contributed by atoms with Crippen molar-refractivity contribution >= 4 is 12.0 Å². The molecule has 1 aromatic carbocycles. The standard InChI is InChI=1S/C11H12N2O/c1-8-3-2-4-9(5-8)6-10-7-12-13-11(10)14/h2-6,12H,7H2,1H3,(H,13,14)/b10-6+. The Labute approximate surface area is 82.8 Å². The number of rotatable bonds is 1. The van der Waals surface area contributed by atoms with Crippen LogP contribution in [-0.4, -0.2) is 12.5 Å². The molecule has 1 fully saturated rings. The second-order valence-corrected chi connectivity index (χ2v) is 3.39. The number of hydrogen-bond acceptors (Lipinski definition) is 2. The first-order valence-electron chi connectivity index (χ1n) is 4.56. The number of carbonyl (C=O) groups is 1. The Morgan fingerprint density at radius 3 is 2.93 bits per heavy atom. The molecule has 0 aromatic heterocycles. The summed E-state index contributed by atoms with van der Waals surface area (Å²) in [6, 6.07) is 8.07. The molecule has 3 nitrogen and oxygen atoms in total. The van der Waals surface area contributed by atoms with Crippen molar-refractivity contribution < 1.29 is 4.79 Å². The molecule has 2 rings (SSSR count). The maximum atomic E-state index is 11.2. The Hall–Kier alpha value is -1.61. The van der Waals surface area contributed by atoms with E-state index in [4.69, 9.17) is 0 Å². The average molecular weight is 188 g/mol. The van der Waals surface area contributed by atoms with E-state index in [0.717, 1.165) is 11.1 Å². The van der Waals surface area contributed by atoms with Gasteiger partial charge in [-0.2, -0.15) is 0 Å². The predicted molar refractivity (Wildman–Crippen MR) is 55.3 cm³/mol. The Kier molecular flexibility index (Phi) is 2.33. The van der Waals surface area contributed by atoms with Crippen molar-refractivity contribution in [1.29, 1.82) is 0 Å². The summed E-state index contributed by atoms with van der Waals surface area (Å²) in [5, 5.41) is 0. The van der Waals surface area contributed by atoms with Crippen LogP contribution < -0.4 is 10.9 Å². The largest absolute Gasteiger partial charge is 0.287 e. The van der Waals surface area contributed by atoms with E-state index in [1.807, 2.05) is 31.2 Å². The fourth-order valence-corrected chi connectivity index (χ4v) is 1.46. The summed E-state index contributed by atoms with van der Waals surface area (Å²) in [5.41, 5.74) is 8.38. The van der Waals surface area contributed by atoms with Gasteiger partial charge in [-0.25, -0.2) is 5.43 Å². The molecule has 1 amide bonds. The molecule has 2 N–H and O–H groups in total. The third-order valence-corrected chi connectivity index (χ3v) is 2.16. The number of aryl methyl sites for hydroxylation is 1. The molecule has 0 saturated carbocycles. The summed E-state index contributed by atoms with van der Waals surface area (Å²) in [6.07, 6.45) is 1.91. The van der Waals surface area contributed by atoms with Crippen LogP contribution in [-0.2, 0) is 4.79 Å². The van der Waals surface area contributed by atoms with Gasteiger partial charge in [-0.15, -0.1) is 0 Å². The SMILES string of the molecule is Cc1cccc(/C=C2\CNNC2=O)c1. The average Bonchev–Trinajstić information content (AvgIpc) is 2.52. The molecular weight excluding hydrogens is 176 g/mol. The monoisotopic (exact) mass is 188 g/mol. The lowest BCUT2D eigenvalue weighted by molar-refractivity contribution is -0.116. The van der Waals surface area contributed by atoms with Gasteiger partial charge in [0, 0.05) is 12.1 Å². The predicted octanol–water partition coefficient (Wildman–Crippen LogP) is 1.01. The topological polar surface area (TPSA) is 41.1 Å². The van der Waals surface area contributed by atoms with E-state index in [1.165, 1.54) is 5.56 Å². The first kappa shape index (κ1) is 8.97. The van der Waals surface area contributed by atoms with Gasteiger partial charge in [0.2, 0.25) is 0 Å². The molecule has 1 heterocycles. The molecule has 3 heteroatoms. The summed E-state index contributed by atoms with van der Waals surface area (Å²) in [6.45, 7) is 2.63. The summed E-state index contributed by atoms with van der Waals surface area (Å²) >= 11 is 0. The minimum absolute atomic E-state index is 0.0356. The molecule has 14 heavy (non-hydrogen) atoms. The third-order valence-electron chi connectivity index (χ3n) is 2.16. The summed E-state index contributed by atoms with van der Waals surface area (Å²) in [5.74, 6) is -0.0356. The molecule has 0 radical (unpaired) electrons. The summed E-state index contributed by atoms with van der Waals surface area (Å²) < 4.78 is 0. The number of carbonyl (C=O) groups excluding carboxylic acids is 1. The van der Waals surface area contributed by atoms with Crippen LogP contribution in [0.5, 0.6) is 0 Å². The fourth-order valence-electron chi connectivity index (χ4n) is 1.46. The first-order valence-corrected chi connectivity index (χ1v) is 4.56. The third kappa shape index (κ3) is 1.83. The van der Waals surface area contributed by atoms with E-state index >= 15 is 0 Å². The zero-order chi connectivity index (χ0) is 9.97. The van der Waals surface area contributed by atoms with E-state index < -0.39 is 0 Å². The number of amides is 1. The second kappa shape index (κ2) is 3.64. The Bertz CT molecular complexity index is 396. The van der Waals surface area contributed by atoms with E-state index in [0.29, 0.717) is 6.54 Å². The van der Waals surface area contributed by atoms with Gasteiger partial charge in [0.05, 0.1) is 0 Å². The van der Waals surface area contributed by atoms with Gasteiger partial charge in [-0.05, 0) is 18.6 Å². The maximum Gasteiger partial charge on any atom is 0.262 e. The normalized spacial score (nSPS) is 18.6. The molecule has 1 saturated heterocycles. The van der Waals surface area contributed by atoms with Crippen LogP contribution in [0.15, 0.2) is 29.8 Å². The quantitative estimate of drug-likeness (QED) is 0.646. The Morgan fingerprint density at radius 1 is 1.43 bits per heavy atom. The van der Waals surface area contributed by atoms with Gasteiger partial charge in [0.15, 0.2) is 0 Å². The molecule has 0 bridgehead atoms. The van der Waals surface area contributed by atoms with Crippen molar-refractivity contribution in [2.75, 3.05) is 6.54 Å². The molecule has 0 unspecified atom stereocenters. The Morgan fingerprint density at radius 2 is 2.29 bits per heavy atom. The van der Waals surface area contributed by atoms with Crippen molar-refractivity contribution in [3.63, 3.8) is 0 Å². The lowest BCUT2D eigenvalue weighted by Crippen LogP contribution is -2.25. The number of nitrogens with one attached hydrogen (secondary N) is 2. The minimum atomic E-state index is -0.0356. The van der Waals surface area contributed by atoms with Crippen LogP contribution in [0, 0.1) is 6.92 Å². The lowest BCUT2D eigenvalue weighted by atomic mass is 10.1. The van der Waals surface area contributed by atoms with Crippen molar-refractivity contribution in [2.24, 2.45) is 0 Å². The molecule has 72 valence electrons. The number of benzene rings is 1. The van der Waals surface area contributed by atoms with Gasteiger partial charge < -0.3 is 0 Å². The highest BCUT2D eigenvalue weighted by Crippen LogP contribution is 2.10. The van der Waals surface area contributed by atoms with Crippen molar-refractivity contribution in [2.45, 2.75) is 6.92 Å². The lowest BCUT2D eigenvalue weighted by Gasteiger charge is -1.96. The zero-order valence-corrected chi connectivity index (χ0v) is 8.00. The number of hydrogen-bond donors (Lipinski definition) is 2. The van der Waals surface area contributed by atoms with Gasteiger partial charge in [0.1, 0.15) is 0 Å². The fraction of sp³-hybridized carbons (Fsp3) is 0.182. The zero-order valence-electron chi connectivity index (χ0n) is 8.00. The van der Waals surface area contributed by atoms with Crippen LogP contribution in [0.3, 0.4) is 0 Å². The maximum absolute atomic E-state index is 11.2.